The number of aromatic nitrogens is 2. The van der Waals surface area contributed by atoms with Crippen LogP contribution in [0.2, 0.25) is 0 Å². The number of nitrogens with zero attached hydrogens (tertiary/aromatic N) is 3. The molecule has 2 bridgehead atoms. The normalized spacial score (nSPS) is 23.7. The molecule has 0 unspecified atom stereocenters. The molecule has 0 radical (unpaired) electrons. The summed E-state index contributed by atoms with van der Waals surface area (Å²) in [5.74, 6) is 0.775. The van der Waals surface area contributed by atoms with Crippen molar-refractivity contribution < 1.29 is 4.74 Å². The number of methoxy groups -OCH3 is 1. The second kappa shape index (κ2) is 8.13. The highest BCUT2D eigenvalue weighted by Crippen LogP contribution is 2.31. The van der Waals surface area contributed by atoms with E-state index in [-0.39, 0.29) is 0 Å². The number of ether oxygens (including phenoxy) is 1. The van der Waals surface area contributed by atoms with E-state index in [2.05, 4.69) is 52.0 Å². The highest BCUT2D eigenvalue weighted by molar-refractivity contribution is 5.67. The Balaban J connectivity index is 1.51. The molecule has 0 spiro atoms. The first-order chi connectivity index (χ1) is 13.1. The van der Waals surface area contributed by atoms with Crippen molar-refractivity contribution in [3.8, 4) is 11.3 Å². The minimum absolute atomic E-state index is 0.662. The van der Waals surface area contributed by atoms with Crippen molar-refractivity contribution in [2.45, 2.75) is 39.3 Å². The topological polar surface area (TPSA) is 44.4 Å². The van der Waals surface area contributed by atoms with Gasteiger partial charge in [-0.05, 0) is 44.2 Å². The molecule has 3 fully saturated rings. The van der Waals surface area contributed by atoms with Crippen LogP contribution in [0.3, 0.4) is 0 Å². The lowest BCUT2D eigenvalue weighted by Crippen LogP contribution is -2.45. The van der Waals surface area contributed by atoms with E-state index >= 15 is 0 Å². The summed E-state index contributed by atoms with van der Waals surface area (Å²) in [6.45, 7) is 10.8. The molecule has 0 aliphatic carbocycles. The van der Waals surface area contributed by atoms with E-state index in [1.54, 1.807) is 7.11 Å². The van der Waals surface area contributed by atoms with Gasteiger partial charge >= 0.3 is 0 Å². The van der Waals surface area contributed by atoms with Crippen LogP contribution in [0.15, 0.2) is 24.4 Å². The second-order valence-corrected chi connectivity index (χ2v) is 8.37. The van der Waals surface area contributed by atoms with E-state index < -0.39 is 0 Å². The molecule has 2 aromatic rings. The number of hydrogen-bond acceptors (Lipinski definition) is 4. The van der Waals surface area contributed by atoms with Crippen LogP contribution in [0.1, 0.15) is 29.5 Å². The van der Waals surface area contributed by atoms with E-state index in [4.69, 9.17) is 4.74 Å². The standard InChI is InChI=1S/C22H32N4O/c1-16-4-5-17(2)21(10-16)22-19(11-23-24-22)14-25-12-18-6-7-20(15-25)26(13-18)8-9-27-3/h4-5,10-11,18,20H,6-9,12-15H2,1-3H3,(H,23,24)/t18-,20+/m1/s1. The Morgan fingerprint density at radius 1 is 1.19 bits per heavy atom. The van der Waals surface area contributed by atoms with Crippen LogP contribution in [0.25, 0.3) is 11.3 Å². The number of H-pyrrole nitrogens is 1. The molecule has 5 heteroatoms. The lowest BCUT2D eigenvalue weighted by atomic mass is 9.95. The Hall–Kier alpha value is -1.69. The number of hydrogen-bond donors (Lipinski definition) is 1. The van der Waals surface area contributed by atoms with Crippen LogP contribution in [-0.4, -0.2) is 65.9 Å². The van der Waals surface area contributed by atoms with E-state index in [1.165, 1.54) is 53.9 Å². The van der Waals surface area contributed by atoms with Crippen LogP contribution >= 0.6 is 0 Å². The van der Waals surface area contributed by atoms with Crippen molar-refractivity contribution in [3.05, 3.63) is 41.1 Å². The summed E-state index contributed by atoms with van der Waals surface area (Å²) in [4.78, 5) is 5.30. The van der Waals surface area contributed by atoms with Crippen LogP contribution < -0.4 is 0 Å². The van der Waals surface area contributed by atoms with E-state index in [9.17, 15) is 0 Å². The van der Waals surface area contributed by atoms with Crippen LogP contribution in [-0.2, 0) is 11.3 Å². The van der Waals surface area contributed by atoms with Gasteiger partial charge in [0.15, 0.2) is 0 Å². The quantitative estimate of drug-likeness (QED) is 0.850. The van der Waals surface area contributed by atoms with Crippen molar-refractivity contribution in [1.82, 2.24) is 20.0 Å². The summed E-state index contributed by atoms with van der Waals surface area (Å²) in [5.41, 5.74) is 6.37. The molecule has 0 saturated carbocycles. The van der Waals surface area contributed by atoms with Gasteiger partial charge in [-0.2, -0.15) is 5.10 Å². The molecule has 27 heavy (non-hydrogen) atoms. The van der Waals surface area contributed by atoms with Crippen molar-refractivity contribution in [3.63, 3.8) is 0 Å². The summed E-state index contributed by atoms with van der Waals surface area (Å²) in [6.07, 6.45) is 4.70. The highest BCUT2D eigenvalue weighted by Gasteiger charge is 2.34. The Morgan fingerprint density at radius 3 is 2.93 bits per heavy atom. The maximum Gasteiger partial charge on any atom is 0.0698 e. The van der Waals surface area contributed by atoms with Gasteiger partial charge in [-0.15, -0.1) is 0 Å². The first-order valence-corrected chi connectivity index (χ1v) is 10.2. The lowest BCUT2D eigenvalue weighted by Gasteiger charge is -2.35. The fraction of sp³-hybridized carbons (Fsp3) is 0.591. The third-order valence-corrected chi connectivity index (χ3v) is 6.26. The van der Waals surface area contributed by atoms with Gasteiger partial charge in [-0.1, -0.05) is 17.7 Å². The van der Waals surface area contributed by atoms with Crippen LogP contribution in [0.5, 0.6) is 0 Å². The highest BCUT2D eigenvalue weighted by atomic mass is 16.5. The lowest BCUT2D eigenvalue weighted by molar-refractivity contribution is 0.0867. The molecule has 5 rings (SSSR count). The summed E-state index contributed by atoms with van der Waals surface area (Å²) < 4.78 is 5.32. The summed E-state index contributed by atoms with van der Waals surface area (Å²) in [7, 11) is 1.80. The van der Waals surface area contributed by atoms with Crippen molar-refractivity contribution in [2.24, 2.45) is 5.92 Å². The molecule has 4 heterocycles. The summed E-state index contributed by atoms with van der Waals surface area (Å²) in [6, 6.07) is 7.31. The van der Waals surface area contributed by atoms with Gasteiger partial charge in [-0.25, -0.2) is 0 Å². The number of fused-ring (bicyclic) bond motifs is 4. The molecule has 2 atom stereocenters. The SMILES string of the molecule is COCCN1C[C@@H]2CC[C@H]1CN(Cc1cn[nH]c1-c1cc(C)ccc1C)C2. The number of benzene rings is 1. The van der Waals surface area contributed by atoms with E-state index in [1.807, 2.05) is 6.20 Å². The monoisotopic (exact) mass is 368 g/mol. The minimum Gasteiger partial charge on any atom is -0.383 e. The molecule has 3 aliphatic rings. The Kier molecular flexibility index (Phi) is 5.62. The fourth-order valence-electron chi connectivity index (χ4n) is 4.80. The Labute approximate surface area is 162 Å². The van der Waals surface area contributed by atoms with Gasteiger partial charge in [0.25, 0.3) is 0 Å². The molecule has 0 amide bonds. The van der Waals surface area contributed by atoms with E-state index in [0.717, 1.165) is 32.2 Å². The largest absolute Gasteiger partial charge is 0.383 e. The number of aryl methyl sites for hydroxylation is 2. The van der Waals surface area contributed by atoms with Crippen molar-refractivity contribution >= 4 is 0 Å². The molecule has 3 aliphatic heterocycles. The second-order valence-electron chi connectivity index (χ2n) is 8.37. The first kappa shape index (κ1) is 18.7. The zero-order valence-corrected chi connectivity index (χ0v) is 16.9. The maximum absolute atomic E-state index is 5.32. The Morgan fingerprint density at radius 2 is 2.07 bits per heavy atom. The number of aromatic amines is 1. The third-order valence-electron chi connectivity index (χ3n) is 6.26. The minimum atomic E-state index is 0.662. The molecule has 1 aromatic carbocycles. The van der Waals surface area contributed by atoms with Crippen molar-refractivity contribution in [1.29, 1.82) is 0 Å². The smallest absolute Gasteiger partial charge is 0.0698 e. The van der Waals surface area contributed by atoms with Gasteiger partial charge in [0.05, 0.1) is 18.5 Å². The van der Waals surface area contributed by atoms with Gasteiger partial charge in [-0.3, -0.25) is 14.9 Å². The van der Waals surface area contributed by atoms with Gasteiger partial charge < -0.3 is 4.74 Å². The average Bonchev–Trinajstić information content (AvgIpc) is 2.93. The zero-order valence-electron chi connectivity index (χ0n) is 16.9. The maximum atomic E-state index is 5.32. The van der Waals surface area contributed by atoms with Gasteiger partial charge in [0.2, 0.25) is 0 Å². The molecular weight excluding hydrogens is 336 g/mol. The third kappa shape index (κ3) is 4.10. The summed E-state index contributed by atoms with van der Waals surface area (Å²) >= 11 is 0. The molecular formula is C22H32N4O. The van der Waals surface area contributed by atoms with Crippen molar-refractivity contribution in [2.75, 3.05) is 39.9 Å². The predicted molar refractivity (Wildman–Crippen MR) is 109 cm³/mol. The van der Waals surface area contributed by atoms with Crippen LogP contribution in [0.4, 0.5) is 0 Å². The van der Waals surface area contributed by atoms with Gasteiger partial charge in [0, 0.05) is 57.0 Å². The summed E-state index contributed by atoms with van der Waals surface area (Å²) in [5, 5.41) is 7.66. The van der Waals surface area contributed by atoms with E-state index in [0.29, 0.717) is 6.04 Å². The fourth-order valence-corrected chi connectivity index (χ4v) is 4.80. The molecule has 146 valence electrons. The Bertz CT molecular complexity index is 771. The first-order valence-electron chi connectivity index (χ1n) is 10.2. The average molecular weight is 369 g/mol. The predicted octanol–water partition coefficient (Wildman–Crippen LogP) is 3.24. The number of nitrogens with one attached hydrogen (secondary N) is 1. The van der Waals surface area contributed by atoms with Crippen LogP contribution in [0, 0.1) is 19.8 Å². The zero-order chi connectivity index (χ0) is 18.8. The molecule has 1 N–H and O–H groups in total. The molecule has 5 nitrogen and oxygen atoms in total. The number of piperidine rings is 1. The van der Waals surface area contributed by atoms with Gasteiger partial charge in [0.1, 0.15) is 0 Å². The molecule has 1 aromatic heterocycles. The molecule has 3 saturated heterocycles. The number of rotatable bonds is 6.